The van der Waals surface area contributed by atoms with E-state index in [1.165, 1.54) is 24.3 Å². The summed E-state index contributed by atoms with van der Waals surface area (Å²) in [5, 5.41) is 5.37. The second-order valence-corrected chi connectivity index (χ2v) is 8.71. The van der Waals surface area contributed by atoms with Crippen LogP contribution in [0.5, 0.6) is 0 Å². The Morgan fingerprint density at radius 2 is 1.45 bits per heavy atom. The number of sulfonamides is 1. The van der Waals surface area contributed by atoms with Gasteiger partial charge < -0.3 is 10.6 Å². The van der Waals surface area contributed by atoms with Gasteiger partial charge in [0.15, 0.2) is 11.6 Å². The van der Waals surface area contributed by atoms with E-state index in [4.69, 9.17) is 0 Å². The summed E-state index contributed by atoms with van der Waals surface area (Å²) in [6.45, 7) is 0.466. The molecule has 0 radical (unpaired) electrons. The molecule has 0 saturated carbocycles. The van der Waals surface area contributed by atoms with Gasteiger partial charge in [-0.05, 0) is 48.0 Å². The number of carbonyl (C=O) groups is 2. The minimum absolute atomic E-state index is 0.143. The molecule has 3 aromatic rings. The highest BCUT2D eigenvalue weighted by Crippen LogP contribution is 2.18. The van der Waals surface area contributed by atoms with Crippen LogP contribution in [0.2, 0.25) is 0 Å². The summed E-state index contributed by atoms with van der Waals surface area (Å²) >= 11 is 0. The number of hydrogen-bond donors (Lipinski definition) is 3. The second-order valence-electron chi connectivity index (χ2n) is 7.03. The number of nitrogens with one attached hydrogen (secondary N) is 3. The molecule has 0 saturated heterocycles. The third-order valence-corrected chi connectivity index (χ3v) is 5.92. The molecule has 10 heteroatoms. The quantitative estimate of drug-likeness (QED) is 0.416. The summed E-state index contributed by atoms with van der Waals surface area (Å²) in [6, 6.07) is 17.1. The Kier molecular flexibility index (Phi) is 7.73. The van der Waals surface area contributed by atoms with Crippen molar-refractivity contribution in [3.05, 3.63) is 95.6 Å². The maximum atomic E-state index is 13.3. The van der Waals surface area contributed by atoms with Gasteiger partial charge in [0.25, 0.3) is 15.9 Å². The van der Waals surface area contributed by atoms with Gasteiger partial charge in [0.2, 0.25) is 5.91 Å². The van der Waals surface area contributed by atoms with E-state index < -0.39 is 32.5 Å². The van der Waals surface area contributed by atoms with Gasteiger partial charge in [0.1, 0.15) is 0 Å². The molecule has 0 aromatic heterocycles. The van der Waals surface area contributed by atoms with E-state index in [0.717, 1.165) is 17.7 Å². The molecule has 3 N–H and O–H groups in total. The molecule has 7 nitrogen and oxygen atoms in total. The van der Waals surface area contributed by atoms with Crippen LogP contribution in [0.1, 0.15) is 15.9 Å². The maximum absolute atomic E-state index is 13.3. The van der Waals surface area contributed by atoms with Crippen LogP contribution in [0, 0.1) is 11.6 Å². The van der Waals surface area contributed by atoms with Crippen LogP contribution in [0.15, 0.2) is 77.7 Å². The minimum Gasteiger partial charge on any atom is -0.354 e. The third kappa shape index (κ3) is 6.84. The van der Waals surface area contributed by atoms with E-state index in [1.807, 2.05) is 30.3 Å². The Morgan fingerprint density at radius 1 is 0.788 bits per heavy atom. The summed E-state index contributed by atoms with van der Waals surface area (Å²) < 4.78 is 53.2. The molecule has 0 atom stereocenters. The van der Waals surface area contributed by atoms with Gasteiger partial charge in [0.05, 0.1) is 11.3 Å². The zero-order valence-corrected chi connectivity index (χ0v) is 18.2. The molecular weight excluding hydrogens is 452 g/mol. The molecule has 0 bridgehead atoms. The average Bonchev–Trinajstić information content (AvgIpc) is 2.79. The molecule has 0 heterocycles. The summed E-state index contributed by atoms with van der Waals surface area (Å²) in [7, 11) is -4.13. The lowest BCUT2D eigenvalue weighted by Crippen LogP contribution is -2.35. The molecule has 0 unspecified atom stereocenters. The minimum atomic E-state index is -4.13. The van der Waals surface area contributed by atoms with E-state index >= 15 is 0 Å². The first kappa shape index (κ1) is 23.9. The lowest BCUT2D eigenvalue weighted by molar-refractivity contribution is -0.120. The lowest BCUT2D eigenvalue weighted by Gasteiger charge is -2.10. The highest BCUT2D eigenvalue weighted by Gasteiger charge is 2.17. The zero-order chi connectivity index (χ0) is 23.8. The average molecular weight is 474 g/mol. The van der Waals surface area contributed by atoms with E-state index in [1.54, 1.807) is 0 Å². The monoisotopic (exact) mass is 473 g/mol. The van der Waals surface area contributed by atoms with Gasteiger partial charge in [-0.3, -0.25) is 14.3 Å². The first-order chi connectivity index (χ1) is 15.7. The van der Waals surface area contributed by atoms with Crippen LogP contribution < -0.4 is 15.4 Å². The number of benzene rings is 3. The Labute approximate surface area is 189 Å². The first-order valence-corrected chi connectivity index (χ1v) is 11.4. The molecule has 3 aromatic carbocycles. The fraction of sp³-hybridized carbons (Fsp3) is 0.130. The summed E-state index contributed by atoms with van der Waals surface area (Å²) in [4.78, 5) is 23.7. The molecule has 0 aliphatic rings. The molecule has 0 spiro atoms. The largest absolute Gasteiger partial charge is 0.354 e. The van der Waals surface area contributed by atoms with E-state index in [-0.39, 0.29) is 36.7 Å². The van der Waals surface area contributed by atoms with Crippen LogP contribution in [0.4, 0.5) is 14.5 Å². The van der Waals surface area contributed by atoms with Gasteiger partial charge in [-0.2, -0.15) is 0 Å². The zero-order valence-electron chi connectivity index (χ0n) is 17.3. The number of halogens is 2. The lowest BCUT2D eigenvalue weighted by atomic mass is 10.1. The molecule has 0 aliphatic heterocycles. The Morgan fingerprint density at radius 3 is 2.12 bits per heavy atom. The van der Waals surface area contributed by atoms with E-state index in [2.05, 4.69) is 15.4 Å². The van der Waals surface area contributed by atoms with Crippen molar-refractivity contribution >= 4 is 27.5 Å². The van der Waals surface area contributed by atoms with Crippen molar-refractivity contribution in [3.63, 3.8) is 0 Å². The van der Waals surface area contributed by atoms with E-state index in [0.29, 0.717) is 6.07 Å². The molecule has 0 fully saturated rings. The molecular formula is C23H21F2N3O4S. The van der Waals surface area contributed by atoms with Crippen LogP contribution in [0.3, 0.4) is 0 Å². The van der Waals surface area contributed by atoms with Crippen LogP contribution in [0.25, 0.3) is 0 Å². The molecule has 0 aliphatic carbocycles. The van der Waals surface area contributed by atoms with Gasteiger partial charge >= 0.3 is 0 Å². The van der Waals surface area contributed by atoms with Crippen LogP contribution >= 0.6 is 0 Å². The second kappa shape index (κ2) is 10.7. The summed E-state index contributed by atoms with van der Waals surface area (Å²) in [5.41, 5.74) is 1.31. The molecule has 172 valence electrons. The molecule has 33 heavy (non-hydrogen) atoms. The predicted octanol–water partition coefficient (Wildman–Crippen LogP) is 2.85. The SMILES string of the molecule is O=C(Cc1ccccc1)NCCNC(=O)c1ccc(NS(=O)(=O)c2ccc(F)c(F)c2)cc1. The van der Waals surface area contributed by atoms with Crippen molar-refractivity contribution in [2.45, 2.75) is 11.3 Å². The van der Waals surface area contributed by atoms with Crippen molar-refractivity contribution in [1.82, 2.24) is 10.6 Å². The standard InChI is InChI=1S/C23H21F2N3O4S/c24-20-11-10-19(15-21(20)25)33(31,32)28-18-8-6-17(7-9-18)23(30)27-13-12-26-22(29)14-16-4-2-1-3-5-16/h1-11,15,28H,12-14H2,(H,26,29)(H,27,30). The van der Waals surface area contributed by atoms with Crippen molar-refractivity contribution in [3.8, 4) is 0 Å². The number of rotatable bonds is 9. The Hall–Kier alpha value is -3.79. The van der Waals surface area contributed by atoms with Gasteiger partial charge in [-0.25, -0.2) is 17.2 Å². The van der Waals surface area contributed by atoms with Crippen LogP contribution in [-0.2, 0) is 21.2 Å². The molecule has 3 rings (SSSR count). The number of anilines is 1. The molecule has 2 amide bonds. The fourth-order valence-electron chi connectivity index (χ4n) is 2.87. The normalized spacial score (nSPS) is 11.0. The number of hydrogen-bond acceptors (Lipinski definition) is 4. The van der Waals surface area contributed by atoms with Gasteiger partial charge in [0, 0.05) is 24.3 Å². The van der Waals surface area contributed by atoms with E-state index in [9.17, 15) is 26.8 Å². The topological polar surface area (TPSA) is 104 Å². The summed E-state index contributed by atoms with van der Waals surface area (Å²) in [6.07, 6.45) is 0.247. The number of amides is 2. The highest BCUT2D eigenvalue weighted by atomic mass is 32.2. The first-order valence-electron chi connectivity index (χ1n) is 9.91. The Balaban J connectivity index is 1.47. The van der Waals surface area contributed by atoms with Crippen molar-refractivity contribution in [2.75, 3.05) is 17.8 Å². The van der Waals surface area contributed by atoms with Gasteiger partial charge in [-0.1, -0.05) is 30.3 Å². The smallest absolute Gasteiger partial charge is 0.261 e. The Bertz CT molecular complexity index is 1230. The fourth-order valence-corrected chi connectivity index (χ4v) is 3.94. The van der Waals surface area contributed by atoms with Gasteiger partial charge in [-0.15, -0.1) is 0 Å². The van der Waals surface area contributed by atoms with Crippen LogP contribution in [-0.4, -0.2) is 33.3 Å². The third-order valence-electron chi connectivity index (χ3n) is 4.54. The maximum Gasteiger partial charge on any atom is 0.261 e. The summed E-state index contributed by atoms with van der Waals surface area (Å²) in [5.74, 6) is -2.99. The van der Waals surface area contributed by atoms with Crippen molar-refractivity contribution < 1.29 is 26.8 Å². The number of carbonyl (C=O) groups excluding carboxylic acids is 2. The van der Waals surface area contributed by atoms with Crippen molar-refractivity contribution in [2.24, 2.45) is 0 Å². The highest BCUT2D eigenvalue weighted by molar-refractivity contribution is 7.92. The predicted molar refractivity (Wildman–Crippen MR) is 119 cm³/mol. The van der Waals surface area contributed by atoms with Crippen molar-refractivity contribution in [1.29, 1.82) is 0 Å².